The third kappa shape index (κ3) is 3.30. The highest BCUT2D eigenvalue weighted by Crippen LogP contribution is 2.42. The smallest absolute Gasteiger partial charge is 0.255 e. The first-order chi connectivity index (χ1) is 13.4. The van der Waals surface area contributed by atoms with Gasteiger partial charge >= 0.3 is 0 Å². The van der Waals surface area contributed by atoms with Crippen LogP contribution in [0.2, 0.25) is 0 Å². The highest BCUT2D eigenvalue weighted by atomic mass is 19.1. The Balaban J connectivity index is 1.50. The molecule has 4 rings (SSSR count). The van der Waals surface area contributed by atoms with Crippen molar-refractivity contribution in [3.63, 3.8) is 0 Å². The summed E-state index contributed by atoms with van der Waals surface area (Å²) in [5.74, 6) is -0.981. The molecule has 2 aromatic carbocycles. The second kappa shape index (κ2) is 7.19. The first-order valence-electron chi connectivity index (χ1n) is 9.49. The van der Waals surface area contributed by atoms with Crippen molar-refractivity contribution < 1.29 is 18.8 Å². The lowest BCUT2D eigenvalue weighted by atomic mass is 9.76. The van der Waals surface area contributed by atoms with Gasteiger partial charge < -0.3 is 5.32 Å². The minimum atomic E-state index is -0.378. The van der Waals surface area contributed by atoms with E-state index >= 15 is 0 Å². The number of hydrogen-bond acceptors (Lipinski definition) is 3. The molecular weight excluding hydrogens is 359 g/mol. The fraction of sp³-hybridized carbons (Fsp3) is 0.318. The SMILES string of the molecule is C[C@@H]1CC[C@H]2C(=O)N(c3ccc(C(=O)Nc4ccc(F)cc4)cc3)C(=O)[C@@H]2C1. The average Bonchev–Trinajstić information content (AvgIpc) is 2.93. The molecule has 144 valence electrons. The topological polar surface area (TPSA) is 66.5 Å². The maximum Gasteiger partial charge on any atom is 0.255 e. The number of halogens is 1. The molecule has 2 aliphatic rings. The van der Waals surface area contributed by atoms with Gasteiger partial charge in [-0.1, -0.05) is 6.92 Å². The summed E-state index contributed by atoms with van der Waals surface area (Å²) in [6, 6.07) is 11.9. The Kier molecular flexibility index (Phi) is 4.71. The van der Waals surface area contributed by atoms with Crippen LogP contribution < -0.4 is 10.2 Å². The van der Waals surface area contributed by atoms with E-state index in [2.05, 4.69) is 12.2 Å². The molecule has 1 saturated carbocycles. The minimum absolute atomic E-state index is 0.134. The second-order valence-electron chi connectivity index (χ2n) is 7.65. The molecule has 1 aliphatic heterocycles. The molecule has 3 amide bonds. The van der Waals surface area contributed by atoms with Crippen LogP contribution >= 0.6 is 0 Å². The average molecular weight is 380 g/mol. The van der Waals surface area contributed by atoms with Crippen LogP contribution in [0.3, 0.4) is 0 Å². The molecular formula is C22H21FN2O3. The molecule has 0 radical (unpaired) electrons. The van der Waals surface area contributed by atoms with E-state index in [9.17, 15) is 18.8 Å². The number of nitrogens with zero attached hydrogens (tertiary/aromatic N) is 1. The number of anilines is 2. The van der Waals surface area contributed by atoms with Crippen molar-refractivity contribution in [2.24, 2.45) is 17.8 Å². The van der Waals surface area contributed by atoms with E-state index in [1.807, 2.05) is 0 Å². The van der Waals surface area contributed by atoms with E-state index in [-0.39, 0.29) is 35.4 Å². The molecule has 3 atom stereocenters. The predicted octanol–water partition coefficient (Wildman–Crippen LogP) is 4.00. The van der Waals surface area contributed by atoms with Crippen LogP contribution in [0.1, 0.15) is 36.5 Å². The van der Waals surface area contributed by atoms with Crippen molar-refractivity contribution >= 4 is 29.1 Å². The maximum absolute atomic E-state index is 13.0. The van der Waals surface area contributed by atoms with E-state index in [1.165, 1.54) is 29.2 Å². The van der Waals surface area contributed by atoms with Gasteiger partial charge in [-0.2, -0.15) is 0 Å². The van der Waals surface area contributed by atoms with E-state index in [4.69, 9.17) is 0 Å². The molecule has 2 fully saturated rings. The van der Waals surface area contributed by atoms with Crippen molar-refractivity contribution in [3.05, 3.63) is 59.9 Å². The van der Waals surface area contributed by atoms with Crippen LogP contribution in [0.4, 0.5) is 15.8 Å². The molecule has 0 spiro atoms. The summed E-state index contributed by atoms with van der Waals surface area (Å²) in [7, 11) is 0. The molecule has 2 aromatic rings. The molecule has 0 bridgehead atoms. The largest absolute Gasteiger partial charge is 0.322 e. The van der Waals surface area contributed by atoms with Gasteiger partial charge in [0.1, 0.15) is 5.82 Å². The molecule has 1 heterocycles. The first kappa shape index (κ1) is 18.3. The molecule has 6 heteroatoms. The summed E-state index contributed by atoms with van der Waals surface area (Å²) in [5.41, 5.74) is 1.37. The lowest BCUT2D eigenvalue weighted by molar-refractivity contribution is -0.122. The van der Waals surface area contributed by atoms with E-state index in [0.29, 0.717) is 22.9 Å². The van der Waals surface area contributed by atoms with Gasteiger partial charge in [-0.15, -0.1) is 0 Å². The highest BCUT2D eigenvalue weighted by Gasteiger charge is 2.49. The molecule has 0 aromatic heterocycles. The summed E-state index contributed by atoms with van der Waals surface area (Å²) in [4.78, 5) is 39.1. The Bertz CT molecular complexity index is 924. The Morgan fingerprint density at radius 3 is 2.29 bits per heavy atom. The number of imide groups is 1. The quantitative estimate of drug-likeness (QED) is 0.819. The van der Waals surface area contributed by atoms with Gasteiger partial charge in [0, 0.05) is 11.3 Å². The van der Waals surface area contributed by atoms with Crippen molar-refractivity contribution in [1.82, 2.24) is 0 Å². The van der Waals surface area contributed by atoms with Crippen LogP contribution in [0.5, 0.6) is 0 Å². The van der Waals surface area contributed by atoms with Crippen molar-refractivity contribution in [2.45, 2.75) is 26.2 Å². The number of nitrogens with one attached hydrogen (secondary N) is 1. The van der Waals surface area contributed by atoms with Gasteiger partial charge in [-0.05, 0) is 73.7 Å². The van der Waals surface area contributed by atoms with E-state index in [1.54, 1.807) is 24.3 Å². The Hall–Kier alpha value is -3.02. The Morgan fingerprint density at radius 2 is 1.61 bits per heavy atom. The number of fused-ring (bicyclic) bond motifs is 1. The monoisotopic (exact) mass is 380 g/mol. The molecule has 28 heavy (non-hydrogen) atoms. The zero-order valence-electron chi connectivity index (χ0n) is 15.5. The maximum atomic E-state index is 13.0. The van der Waals surface area contributed by atoms with Gasteiger partial charge in [0.05, 0.1) is 17.5 Å². The Morgan fingerprint density at radius 1 is 0.964 bits per heavy atom. The van der Waals surface area contributed by atoms with E-state index in [0.717, 1.165) is 19.3 Å². The van der Waals surface area contributed by atoms with Gasteiger partial charge in [0.2, 0.25) is 11.8 Å². The normalized spacial score (nSPS) is 24.2. The molecule has 5 nitrogen and oxygen atoms in total. The van der Waals surface area contributed by atoms with E-state index < -0.39 is 0 Å². The van der Waals surface area contributed by atoms with Crippen LogP contribution in [-0.2, 0) is 9.59 Å². The van der Waals surface area contributed by atoms with Crippen LogP contribution in [-0.4, -0.2) is 17.7 Å². The predicted molar refractivity (Wildman–Crippen MR) is 103 cm³/mol. The summed E-state index contributed by atoms with van der Waals surface area (Å²) in [5, 5.41) is 2.68. The summed E-state index contributed by atoms with van der Waals surface area (Å²) in [6.07, 6.45) is 2.48. The Labute approximate surface area is 162 Å². The molecule has 1 saturated heterocycles. The first-order valence-corrected chi connectivity index (χ1v) is 9.49. The number of carbonyl (C=O) groups is 3. The third-order valence-corrected chi connectivity index (χ3v) is 5.68. The number of carbonyl (C=O) groups excluding carboxylic acids is 3. The fourth-order valence-corrected chi connectivity index (χ4v) is 4.14. The second-order valence-corrected chi connectivity index (χ2v) is 7.65. The fourth-order valence-electron chi connectivity index (χ4n) is 4.14. The van der Waals surface area contributed by atoms with Crippen LogP contribution in [0, 0.1) is 23.6 Å². The number of hydrogen-bond donors (Lipinski definition) is 1. The zero-order valence-corrected chi connectivity index (χ0v) is 15.5. The molecule has 0 unspecified atom stereocenters. The summed E-state index contributed by atoms with van der Waals surface area (Å²) >= 11 is 0. The zero-order chi connectivity index (χ0) is 19.8. The standard InChI is InChI=1S/C22H21FN2O3/c1-13-2-11-18-19(12-13)22(28)25(21(18)27)17-9-3-14(4-10-17)20(26)24-16-7-5-15(23)6-8-16/h3-10,13,18-19H,2,11-12H2,1H3,(H,24,26)/t13-,18-,19-/m1/s1. The van der Waals surface area contributed by atoms with Crippen LogP contribution in [0.25, 0.3) is 0 Å². The van der Waals surface area contributed by atoms with Crippen molar-refractivity contribution in [3.8, 4) is 0 Å². The van der Waals surface area contributed by atoms with Gasteiger partial charge in [-0.3, -0.25) is 19.3 Å². The van der Waals surface area contributed by atoms with Gasteiger partial charge in [0.25, 0.3) is 5.91 Å². The third-order valence-electron chi connectivity index (χ3n) is 5.68. The number of benzene rings is 2. The number of rotatable bonds is 3. The molecule has 1 aliphatic carbocycles. The van der Waals surface area contributed by atoms with Crippen molar-refractivity contribution in [2.75, 3.05) is 10.2 Å². The van der Waals surface area contributed by atoms with Crippen LogP contribution in [0.15, 0.2) is 48.5 Å². The highest BCUT2D eigenvalue weighted by molar-refractivity contribution is 6.22. The lowest BCUT2D eigenvalue weighted by Gasteiger charge is -2.25. The summed E-state index contributed by atoms with van der Waals surface area (Å²) in [6.45, 7) is 2.12. The minimum Gasteiger partial charge on any atom is -0.322 e. The lowest BCUT2D eigenvalue weighted by Crippen LogP contribution is -2.30. The van der Waals surface area contributed by atoms with Crippen molar-refractivity contribution in [1.29, 1.82) is 0 Å². The summed E-state index contributed by atoms with van der Waals surface area (Å²) < 4.78 is 13.0. The molecule has 1 N–H and O–H groups in total. The van der Waals surface area contributed by atoms with Gasteiger partial charge in [-0.25, -0.2) is 4.39 Å². The number of amides is 3. The van der Waals surface area contributed by atoms with Gasteiger partial charge in [0.15, 0.2) is 0 Å².